The summed E-state index contributed by atoms with van der Waals surface area (Å²) in [7, 11) is 0. The number of allylic oxidation sites excluding steroid dienone is 2. The average molecular weight is 430 g/mol. The molecule has 140 valence electrons. The molecule has 0 N–H and O–H groups in total. The second kappa shape index (κ2) is 7.81. The van der Waals surface area contributed by atoms with Crippen molar-refractivity contribution in [3.8, 4) is 0 Å². The van der Waals surface area contributed by atoms with Gasteiger partial charge in [-0.15, -0.1) is 0 Å². The lowest BCUT2D eigenvalue weighted by atomic mass is 9.95. The van der Waals surface area contributed by atoms with Gasteiger partial charge in [0, 0.05) is 17.8 Å². The zero-order valence-electron chi connectivity index (χ0n) is 16.3. The highest BCUT2D eigenvalue weighted by atomic mass is 79.9. The predicted octanol–water partition coefficient (Wildman–Crippen LogP) is 7.58. The highest BCUT2D eigenvalue weighted by molar-refractivity contribution is 9.10. The van der Waals surface area contributed by atoms with Gasteiger partial charge in [0.05, 0.1) is 0 Å². The fourth-order valence-electron chi connectivity index (χ4n) is 3.73. The molecule has 0 fully saturated rings. The fourth-order valence-corrected chi connectivity index (χ4v) is 4.43. The summed E-state index contributed by atoms with van der Waals surface area (Å²) in [5, 5.41) is 0. The van der Waals surface area contributed by atoms with Gasteiger partial charge in [0.2, 0.25) is 0 Å². The van der Waals surface area contributed by atoms with Crippen molar-refractivity contribution in [3.05, 3.63) is 114 Å². The molecule has 0 aliphatic heterocycles. The molecule has 1 aliphatic rings. The van der Waals surface area contributed by atoms with Crippen LogP contribution >= 0.6 is 15.9 Å². The molecule has 28 heavy (non-hydrogen) atoms. The van der Waals surface area contributed by atoms with Crippen LogP contribution in [0, 0.1) is 13.8 Å². The maximum Gasteiger partial charge on any atom is 0.122 e. The van der Waals surface area contributed by atoms with Crippen LogP contribution in [-0.4, -0.2) is 4.45 Å². The Hall–Kier alpha value is -2.58. The van der Waals surface area contributed by atoms with Crippen LogP contribution in [0.15, 0.2) is 97.1 Å². The van der Waals surface area contributed by atoms with Crippen molar-refractivity contribution in [3.63, 3.8) is 0 Å². The number of aryl methyl sites for hydroxylation is 2. The van der Waals surface area contributed by atoms with Gasteiger partial charge in [-0.1, -0.05) is 82.7 Å². The third-order valence-corrected chi connectivity index (χ3v) is 6.07. The van der Waals surface area contributed by atoms with Crippen molar-refractivity contribution < 1.29 is 0 Å². The van der Waals surface area contributed by atoms with Gasteiger partial charge < -0.3 is 4.90 Å². The maximum atomic E-state index is 4.08. The number of rotatable bonds is 4. The van der Waals surface area contributed by atoms with Crippen molar-refractivity contribution in [2.45, 2.75) is 24.7 Å². The van der Waals surface area contributed by atoms with E-state index in [0.29, 0.717) is 0 Å². The number of halogens is 1. The maximum absolute atomic E-state index is 4.08. The quantitative estimate of drug-likeness (QED) is 0.305. The number of nitrogens with zero attached hydrogens (tertiary/aromatic N) is 1. The molecule has 0 radical (unpaired) electrons. The highest BCUT2D eigenvalue weighted by Crippen LogP contribution is 2.43. The van der Waals surface area contributed by atoms with Crippen molar-refractivity contribution in [1.82, 2.24) is 0 Å². The van der Waals surface area contributed by atoms with Crippen LogP contribution in [0.4, 0.5) is 11.4 Å². The Kier molecular flexibility index (Phi) is 5.23. The fraction of sp³-hybridized carbons (Fsp3) is 0.154. The predicted molar refractivity (Wildman–Crippen MR) is 124 cm³/mol. The first-order valence-electron chi connectivity index (χ1n) is 9.62. The monoisotopic (exact) mass is 429 g/mol. The Balaban J connectivity index is 1.75. The lowest BCUT2D eigenvalue weighted by molar-refractivity contribution is 0.740. The van der Waals surface area contributed by atoms with Crippen molar-refractivity contribution in [2.24, 2.45) is 0 Å². The number of anilines is 2. The summed E-state index contributed by atoms with van der Waals surface area (Å²) in [4.78, 5) is 2.39. The van der Waals surface area contributed by atoms with Crippen molar-refractivity contribution in [1.29, 1.82) is 0 Å². The van der Waals surface area contributed by atoms with Gasteiger partial charge in [-0.3, -0.25) is 0 Å². The summed E-state index contributed by atoms with van der Waals surface area (Å²) >= 11 is 4.08. The lowest BCUT2D eigenvalue weighted by Gasteiger charge is -2.40. The van der Waals surface area contributed by atoms with Gasteiger partial charge in [-0.25, -0.2) is 0 Å². The standard InChI is InChI=1S/C26H24BrN/c1-20-8-6-12-24(18-20)28(25-13-7-9-21(2)19-25)26(27)16-14-23(15-17-26)22-10-4-3-5-11-22/h3-16,18-19H,17H2,1-2H3. The summed E-state index contributed by atoms with van der Waals surface area (Å²) in [6.45, 7) is 4.28. The molecule has 0 aromatic heterocycles. The first kappa shape index (κ1) is 18.8. The van der Waals surface area contributed by atoms with Crippen LogP contribution in [0.1, 0.15) is 23.1 Å². The van der Waals surface area contributed by atoms with Crippen LogP contribution in [0.5, 0.6) is 0 Å². The molecular weight excluding hydrogens is 406 g/mol. The third-order valence-electron chi connectivity index (χ3n) is 5.13. The number of benzene rings is 3. The minimum absolute atomic E-state index is 0.313. The van der Waals surface area contributed by atoms with E-state index in [1.807, 2.05) is 0 Å². The lowest BCUT2D eigenvalue weighted by Crippen LogP contribution is -2.39. The molecule has 0 saturated heterocycles. The van der Waals surface area contributed by atoms with Gasteiger partial charge in [0.15, 0.2) is 0 Å². The molecule has 0 bridgehead atoms. The normalized spacial score (nSPS) is 18.6. The van der Waals surface area contributed by atoms with E-state index < -0.39 is 0 Å². The Labute approximate surface area is 176 Å². The molecule has 4 rings (SSSR count). The Bertz CT molecular complexity index is 990. The van der Waals surface area contributed by atoms with Gasteiger partial charge >= 0.3 is 0 Å². The topological polar surface area (TPSA) is 3.24 Å². The van der Waals surface area contributed by atoms with Crippen LogP contribution in [-0.2, 0) is 0 Å². The molecular formula is C26H24BrN. The first-order chi connectivity index (χ1) is 13.5. The van der Waals surface area contributed by atoms with Crippen molar-refractivity contribution >= 4 is 32.9 Å². The van der Waals surface area contributed by atoms with Crippen LogP contribution in [0.2, 0.25) is 0 Å². The molecule has 1 atom stereocenters. The summed E-state index contributed by atoms with van der Waals surface area (Å²) < 4.78 is -0.313. The molecule has 1 unspecified atom stereocenters. The molecule has 3 aromatic rings. The highest BCUT2D eigenvalue weighted by Gasteiger charge is 2.34. The molecule has 0 spiro atoms. The summed E-state index contributed by atoms with van der Waals surface area (Å²) in [6, 6.07) is 28.0. The largest absolute Gasteiger partial charge is 0.322 e. The molecule has 2 heteroatoms. The summed E-state index contributed by atoms with van der Waals surface area (Å²) in [5.41, 5.74) is 7.40. The second-order valence-corrected chi connectivity index (χ2v) is 8.77. The second-order valence-electron chi connectivity index (χ2n) is 7.39. The Morgan fingerprint density at radius 3 is 1.89 bits per heavy atom. The van der Waals surface area contributed by atoms with Gasteiger partial charge in [-0.2, -0.15) is 0 Å². The van der Waals surface area contributed by atoms with E-state index in [9.17, 15) is 0 Å². The van der Waals surface area contributed by atoms with E-state index in [1.54, 1.807) is 0 Å². The zero-order valence-corrected chi connectivity index (χ0v) is 17.9. The van der Waals surface area contributed by atoms with Gasteiger partial charge in [0.1, 0.15) is 4.45 Å². The average Bonchev–Trinajstić information content (AvgIpc) is 2.69. The molecule has 1 nitrogen and oxygen atoms in total. The third kappa shape index (κ3) is 3.83. The number of hydrogen-bond donors (Lipinski definition) is 0. The Morgan fingerprint density at radius 1 is 0.786 bits per heavy atom. The molecule has 0 saturated carbocycles. The van der Waals surface area contributed by atoms with E-state index in [0.717, 1.165) is 6.42 Å². The molecule has 3 aromatic carbocycles. The molecule has 0 amide bonds. The van der Waals surface area contributed by atoms with Crippen LogP contribution < -0.4 is 4.90 Å². The number of alkyl halides is 1. The van der Waals surface area contributed by atoms with Crippen LogP contribution in [0.25, 0.3) is 5.57 Å². The minimum Gasteiger partial charge on any atom is -0.322 e. The molecule has 0 heterocycles. The van der Waals surface area contributed by atoms with Crippen LogP contribution in [0.3, 0.4) is 0 Å². The SMILES string of the molecule is Cc1cccc(N(c2cccc(C)c2)C2(Br)C=CC(c3ccccc3)=CC2)c1. The molecule has 1 aliphatic carbocycles. The van der Waals surface area contributed by atoms with Gasteiger partial charge in [0.25, 0.3) is 0 Å². The smallest absolute Gasteiger partial charge is 0.122 e. The van der Waals surface area contributed by atoms with E-state index in [1.165, 1.54) is 33.6 Å². The van der Waals surface area contributed by atoms with E-state index in [2.05, 4.69) is 132 Å². The number of hydrogen-bond acceptors (Lipinski definition) is 1. The van der Waals surface area contributed by atoms with Gasteiger partial charge in [-0.05, 0) is 66.5 Å². The van der Waals surface area contributed by atoms with E-state index >= 15 is 0 Å². The van der Waals surface area contributed by atoms with Crippen molar-refractivity contribution in [2.75, 3.05) is 4.90 Å². The summed E-state index contributed by atoms with van der Waals surface area (Å²) in [5.74, 6) is 0. The Morgan fingerprint density at radius 2 is 1.39 bits per heavy atom. The minimum atomic E-state index is -0.313. The summed E-state index contributed by atoms with van der Waals surface area (Å²) in [6.07, 6.45) is 7.70. The van der Waals surface area contributed by atoms with E-state index in [4.69, 9.17) is 0 Å². The zero-order chi connectivity index (χ0) is 19.6. The van der Waals surface area contributed by atoms with E-state index in [-0.39, 0.29) is 4.45 Å². The first-order valence-corrected chi connectivity index (χ1v) is 10.4.